The summed E-state index contributed by atoms with van der Waals surface area (Å²) in [6.07, 6.45) is 1.48. The number of amides is 1. The van der Waals surface area contributed by atoms with Crippen LogP contribution < -0.4 is 5.32 Å². The molecule has 2 N–H and O–H groups in total. The molecule has 1 aromatic rings. The van der Waals surface area contributed by atoms with E-state index in [9.17, 15) is 4.79 Å². The van der Waals surface area contributed by atoms with Gasteiger partial charge in [0, 0.05) is 39.4 Å². The number of piperazine rings is 1. The number of aromatic amines is 1. The first-order valence-electron chi connectivity index (χ1n) is 7.10. The molecule has 8 heteroatoms. The second-order valence-electron chi connectivity index (χ2n) is 4.66. The Morgan fingerprint density at radius 2 is 2.14 bits per heavy atom. The van der Waals surface area contributed by atoms with E-state index in [1.807, 2.05) is 13.0 Å². The van der Waals surface area contributed by atoms with E-state index in [-0.39, 0.29) is 6.09 Å². The molecule has 2 rings (SSSR count). The number of nitrogens with zero attached hydrogens (tertiary/aromatic N) is 4. The summed E-state index contributed by atoms with van der Waals surface area (Å²) in [6, 6.07) is 1.92. The van der Waals surface area contributed by atoms with Crippen molar-refractivity contribution in [1.29, 1.82) is 0 Å². The molecule has 0 aromatic carbocycles. The zero-order valence-corrected chi connectivity index (χ0v) is 12.5. The zero-order valence-electron chi connectivity index (χ0n) is 12.5. The molecule has 0 atom stereocenters. The van der Waals surface area contributed by atoms with Crippen LogP contribution in [-0.4, -0.2) is 71.9 Å². The molecule has 21 heavy (non-hydrogen) atoms. The number of carbonyl (C=O) groups excluding carboxylic acids is 1. The minimum absolute atomic E-state index is 0.238. The maximum Gasteiger partial charge on any atom is 0.409 e. The molecule has 1 aliphatic rings. The van der Waals surface area contributed by atoms with Gasteiger partial charge in [-0.2, -0.15) is 5.10 Å². The molecule has 1 saturated heterocycles. The number of rotatable bonds is 3. The second-order valence-corrected chi connectivity index (χ2v) is 4.66. The van der Waals surface area contributed by atoms with Gasteiger partial charge in [0.1, 0.15) is 0 Å². The van der Waals surface area contributed by atoms with Crippen LogP contribution in [0, 0.1) is 0 Å². The van der Waals surface area contributed by atoms with E-state index < -0.39 is 0 Å². The Hall–Kier alpha value is -2.25. The predicted octanol–water partition coefficient (Wildman–Crippen LogP) is 0.259. The molecule has 0 bridgehead atoms. The molecular weight excluding hydrogens is 272 g/mol. The van der Waals surface area contributed by atoms with Gasteiger partial charge in [-0.05, 0) is 13.0 Å². The van der Waals surface area contributed by atoms with Crippen molar-refractivity contribution >= 4 is 12.1 Å². The first-order chi connectivity index (χ1) is 10.2. The fraction of sp³-hybridized carbons (Fsp3) is 0.615. The molecule has 0 spiro atoms. The Bertz CT molecular complexity index is 465. The number of carbonyl (C=O) groups is 1. The lowest BCUT2D eigenvalue weighted by Crippen LogP contribution is -2.53. The number of aromatic nitrogens is 2. The molecule has 0 unspecified atom stereocenters. The van der Waals surface area contributed by atoms with E-state index in [2.05, 4.69) is 25.4 Å². The van der Waals surface area contributed by atoms with Gasteiger partial charge in [-0.25, -0.2) is 4.79 Å². The minimum Gasteiger partial charge on any atom is -0.450 e. The summed E-state index contributed by atoms with van der Waals surface area (Å²) in [7, 11) is 1.76. The molecule has 1 aliphatic heterocycles. The lowest BCUT2D eigenvalue weighted by molar-refractivity contribution is 0.0914. The Labute approximate surface area is 124 Å². The summed E-state index contributed by atoms with van der Waals surface area (Å²) in [6.45, 7) is 5.63. The van der Waals surface area contributed by atoms with Gasteiger partial charge >= 0.3 is 6.09 Å². The van der Waals surface area contributed by atoms with Crippen molar-refractivity contribution in [3.63, 3.8) is 0 Å². The molecular formula is C13H22N6O2. The summed E-state index contributed by atoms with van der Waals surface area (Å²) < 4.78 is 5.01. The van der Waals surface area contributed by atoms with Crippen molar-refractivity contribution in [2.24, 2.45) is 4.99 Å². The van der Waals surface area contributed by atoms with Gasteiger partial charge in [0.25, 0.3) is 0 Å². The van der Waals surface area contributed by atoms with Crippen molar-refractivity contribution in [3.05, 3.63) is 18.0 Å². The summed E-state index contributed by atoms with van der Waals surface area (Å²) >= 11 is 0. The highest BCUT2D eigenvalue weighted by molar-refractivity contribution is 5.80. The van der Waals surface area contributed by atoms with Gasteiger partial charge in [-0.15, -0.1) is 0 Å². The quantitative estimate of drug-likeness (QED) is 0.617. The predicted molar refractivity (Wildman–Crippen MR) is 79.0 cm³/mol. The zero-order chi connectivity index (χ0) is 15.1. The lowest BCUT2D eigenvalue weighted by atomic mass is 10.3. The van der Waals surface area contributed by atoms with Crippen LogP contribution in [-0.2, 0) is 11.3 Å². The van der Waals surface area contributed by atoms with Crippen molar-refractivity contribution in [2.75, 3.05) is 39.8 Å². The van der Waals surface area contributed by atoms with E-state index in [0.717, 1.165) is 24.7 Å². The second kappa shape index (κ2) is 7.51. The fourth-order valence-corrected chi connectivity index (χ4v) is 2.21. The van der Waals surface area contributed by atoms with Crippen LogP contribution in [0.2, 0.25) is 0 Å². The minimum atomic E-state index is -0.238. The Morgan fingerprint density at radius 1 is 1.43 bits per heavy atom. The molecule has 0 aliphatic carbocycles. The van der Waals surface area contributed by atoms with Crippen molar-refractivity contribution in [2.45, 2.75) is 13.5 Å². The maximum absolute atomic E-state index is 11.7. The maximum atomic E-state index is 11.7. The number of H-pyrrole nitrogens is 1. The number of ether oxygens (including phenoxy) is 1. The first-order valence-corrected chi connectivity index (χ1v) is 7.10. The molecule has 1 fully saturated rings. The highest BCUT2D eigenvalue weighted by Gasteiger charge is 2.23. The van der Waals surface area contributed by atoms with E-state index >= 15 is 0 Å². The highest BCUT2D eigenvalue weighted by atomic mass is 16.6. The molecule has 0 radical (unpaired) electrons. The van der Waals surface area contributed by atoms with Crippen LogP contribution in [0.5, 0.6) is 0 Å². The summed E-state index contributed by atoms with van der Waals surface area (Å²) in [5.41, 5.74) is 1.00. The Kier molecular flexibility index (Phi) is 5.42. The third-order valence-corrected chi connectivity index (χ3v) is 3.31. The molecule has 0 saturated carbocycles. The van der Waals surface area contributed by atoms with Gasteiger partial charge in [0.05, 0.1) is 18.8 Å². The smallest absolute Gasteiger partial charge is 0.409 e. The highest BCUT2D eigenvalue weighted by Crippen LogP contribution is 2.04. The SMILES string of the molecule is CCOC(=O)N1CCN(C(=NC)NCc2ccn[nH]2)CC1. The third kappa shape index (κ3) is 4.11. The first kappa shape index (κ1) is 15.1. The van der Waals surface area contributed by atoms with Crippen LogP contribution >= 0.6 is 0 Å². The third-order valence-electron chi connectivity index (χ3n) is 3.31. The molecule has 8 nitrogen and oxygen atoms in total. The van der Waals surface area contributed by atoms with Crippen LogP contribution in [0.4, 0.5) is 4.79 Å². The lowest BCUT2D eigenvalue weighted by Gasteiger charge is -2.35. The van der Waals surface area contributed by atoms with Crippen molar-refractivity contribution < 1.29 is 9.53 Å². The summed E-state index contributed by atoms with van der Waals surface area (Å²) in [5.74, 6) is 0.827. The number of hydrogen-bond acceptors (Lipinski definition) is 4. The monoisotopic (exact) mass is 294 g/mol. The number of nitrogens with one attached hydrogen (secondary N) is 2. The summed E-state index contributed by atoms with van der Waals surface area (Å²) in [5, 5.41) is 10.1. The number of hydrogen-bond donors (Lipinski definition) is 2. The van der Waals surface area contributed by atoms with E-state index in [4.69, 9.17) is 4.74 Å². The van der Waals surface area contributed by atoms with Crippen LogP contribution in [0.1, 0.15) is 12.6 Å². The average molecular weight is 294 g/mol. The molecule has 116 valence electrons. The van der Waals surface area contributed by atoms with Crippen LogP contribution in [0.15, 0.2) is 17.3 Å². The van der Waals surface area contributed by atoms with E-state index in [1.165, 1.54) is 0 Å². The van der Waals surface area contributed by atoms with Gasteiger partial charge in [-0.3, -0.25) is 10.1 Å². The van der Waals surface area contributed by atoms with Crippen LogP contribution in [0.25, 0.3) is 0 Å². The van der Waals surface area contributed by atoms with Crippen molar-refractivity contribution in [1.82, 2.24) is 25.3 Å². The van der Waals surface area contributed by atoms with Crippen molar-refractivity contribution in [3.8, 4) is 0 Å². The average Bonchev–Trinajstić information content (AvgIpc) is 3.02. The Balaban J connectivity index is 1.80. The van der Waals surface area contributed by atoms with Gasteiger partial charge < -0.3 is 19.9 Å². The topological polar surface area (TPSA) is 85.8 Å². The number of guanidine groups is 1. The summed E-state index contributed by atoms with van der Waals surface area (Å²) in [4.78, 5) is 19.8. The standard InChI is InChI=1S/C13H22N6O2/c1-3-21-13(20)19-8-6-18(7-9-19)12(14-2)15-10-11-4-5-16-17-11/h4-5H,3,6-10H2,1-2H3,(H,14,15)(H,16,17). The normalized spacial score (nSPS) is 16.0. The largest absolute Gasteiger partial charge is 0.450 e. The number of aliphatic imine (C=N–C) groups is 1. The van der Waals surface area contributed by atoms with E-state index in [1.54, 1.807) is 18.1 Å². The molecule has 1 aromatic heterocycles. The van der Waals surface area contributed by atoms with Gasteiger partial charge in [0.15, 0.2) is 5.96 Å². The molecule has 2 heterocycles. The molecule has 1 amide bonds. The van der Waals surface area contributed by atoms with Gasteiger partial charge in [-0.1, -0.05) is 0 Å². The Morgan fingerprint density at radius 3 is 2.71 bits per heavy atom. The van der Waals surface area contributed by atoms with Gasteiger partial charge in [0.2, 0.25) is 0 Å². The van der Waals surface area contributed by atoms with E-state index in [0.29, 0.717) is 26.2 Å². The fourth-order valence-electron chi connectivity index (χ4n) is 2.21. The van der Waals surface area contributed by atoms with Crippen LogP contribution in [0.3, 0.4) is 0 Å².